The Balaban J connectivity index is 1.48. The van der Waals surface area contributed by atoms with Crippen molar-refractivity contribution in [1.82, 2.24) is 19.5 Å². The molecule has 0 bridgehead atoms. The SMILES string of the molecule is CCOCCc1ccc(OCCN(C(=O)n2ccnc2)c2nc[nH]c3cccc2-3)c(C)c1. The molecule has 0 spiro atoms. The van der Waals surface area contributed by atoms with Crippen LogP contribution in [0.5, 0.6) is 5.75 Å². The molecule has 0 saturated carbocycles. The Hall–Kier alpha value is -3.65. The molecular formula is C24H27N5O3. The van der Waals surface area contributed by atoms with E-state index in [1.807, 2.05) is 38.1 Å². The molecule has 32 heavy (non-hydrogen) atoms. The highest BCUT2D eigenvalue weighted by atomic mass is 16.5. The number of imidazole rings is 1. The molecule has 0 fully saturated rings. The Morgan fingerprint density at radius 1 is 1.22 bits per heavy atom. The number of nitrogens with zero attached hydrogens (tertiary/aromatic N) is 4. The molecule has 0 atom stereocenters. The molecule has 2 aromatic rings. The Morgan fingerprint density at radius 3 is 2.91 bits per heavy atom. The van der Waals surface area contributed by atoms with E-state index in [2.05, 4.69) is 27.1 Å². The van der Waals surface area contributed by atoms with Crippen LogP contribution in [-0.2, 0) is 11.2 Å². The number of rotatable bonds is 9. The van der Waals surface area contributed by atoms with Gasteiger partial charge in [0.05, 0.1) is 25.2 Å². The number of H-pyrrole nitrogens is 1. The number of hydrogen-bond donors (Lipinski definition) is 1. The number of anilines is 1. The average molecular weight is 434 g/mol. The Labute approximate surface area is 187 Å². The Bertz CT molecular complexity index is 1120. The van der Waals surface area contributed by atoms with Gasteiger partial charge in [-0.1, -0.05) is 18.2 Å². The first-order chi connectivity index (χ1) is 15.7. The van der Waals surface area contributed by atoms with Crippen LogP contribution in [0.4, 0.5) is 10.6 Å². The minimum Gasteiger partial charge on any atom is -0.491 e. The van der Waals surface area contributed by atoms with Crippen LogP contribution < -0.4 is 9.64 Å². The van der Waals surface area contributed by atoms with Crippen molar-refractivity contribution in [2.45, 2.75) is 20.3 Å². The van der Waals surface area contributed by atoms with Gasteiger partial charge >= 0.3 is 6.03 Å². The zero-order valence-electron chi connectivity index (χ0n) is 18.3. The molecule has 1 aliphatic heterocycles. The van der Waals surface area contributed by atoms with E-state index in [1.54, 1.807) is 23.6 Å². The normalized spacial score (nSPS) is 11.1. The van der Waals surface area contributed by atoms with Gasteiger partial charge in [-0.3, -0.25) is 9.47 Å². The van der Waals surface area contributed by atoms with Gasteiger partial charge in [-0.25, -0.2) is 14.8 Å². The number of aryl methyl sites for hydroxylation is 1. The van der Waals surface area contributed by atoms with Gasteiger partial charge < -0.3 is 14.5 Å². The average Bonchev–Trinajstić information content (AvgIpc) is 3.50. The van der Waals surface area contributed by atoms with Crippen molar-refractivity contribution >= 4 is 11.8 Å². The molecule has 1 aliphatic carbocycles. The van der Waals surface area contributed by atoms with E-state index < -0.39 is 0 Å². The first-order valence-electron chi connectivity index (χ1n) is 10.7. The summed E-state index contributed by atoms with van der Waals surface area (Å²) in [7, 11) is 0. The van der Waals surface area contributed by atoms with Gasteiger partial charge in [-0.05, 0) is 49.6 Å². The number of carbonyl (C=O) groups is 1. The lowest BCUT2D eigenvalue weighted by Gasteiger charge is -2.24. The maximum atomic E-state index is 13.2. The van der Waals surface area contributed by atoms with Crippen molar-refractivity contribution < 1.29 is 14.3 Å². The van der Waals surface area contributed by atoms with Gasteiger partial charge in [0.25, 0.3) is 0 Å². The van der Waals surface area contributed by atoms with Crippen molar-refractivity contribution in [3.63, 3.8) is 0 Å². The van der Waals surface area contributed by atoms with Gasteiger partial charge in [0, 0.05) is 24.6 Å². The molecule has 8 heteroatoms. The van der Waals surface area contributed by atoms with Crippen LogP contribution >= 0.6 is 0 Å². The van der Waals surface area contributed by atoms with E-state index in [1.165, 1.54) is 16.5 Å². The minimum absolute atomic E-state index is 0.240. The molecule has 2 aliphatic rings. The molecular weight excluding hydrogens is 406 g/mol. The van der Waals surface area contributed by atoms with Gasteiger partial charge in [0.1, 0.15) is 24.5 Å². The van der Waals surface area contributed by atoms with Crippen molar-refractivity contribution in [2.24, 2.45) is 0 Å². The highest BCUT2D eigenvalue weighted by Crippen LogP contribution is 2.30. The second-order valence-electron chi connectivity index (χ2n) is 7.38. The number of carbonyl (C=O) groups excluding carboxylic acids is 1. The van der Waals surface area contributed by atoms with Crippen molar-refractivity contribution in [3.8, 4) is 17.0 Å². The number of amides is 1. The van der Waals surface area contributed by atoms with Gasteiger partial charge in [-0.15, -0.1) is 0 Å². The summed E-state index contributed by atoms with van der Waals surface area (Å²) in [5.74, 6) is 1.38. The summed E-state index contributed by atoms with van der Waals surface area (Å²) in [6.45, 7) is 6.10. The lowest BCUT2D eigenvalue weighted by atomic mass is 10.1. The molecule has 1 N–H and O–H groups in total. The second kappa shape index (κ2) is 10.1. The Morgan fingerprint density at radius 2 is 2.12 bits per heavy atom. The second-order valence-corrected chi connectivity index (χ2v) is 7.38. The molecule has 4 rings (SSSR count). The third-order valence-electron chi connectivity index (χ3n) is 5.23. The maximum Gasteiger partial charge on any atom is 0.335 e. The van der Waals surface area contributed by atoms with E-state index in [0.717, 1.165) is 35.6 Å². The van der Waals surface area contributed by atoms with Crippen molar-refractivity contribution in [1.29, 1.82) is 0 Å². The molecule has 0 saturated heterocycles. The first-order valence-corrected chi connectivity index (χ1v) is 10.7. The van der Waals surface area contributed by atoms with E-state index in [0.29, 0.717) is 25.6 Å². The topological polar surface area (TPSA) is 85.3 Å². The highest BCUT2D eigenvalue weighted by Gasteiger charge is 2.23. The molecule has 1 aromatic carbocycles. The van der Waals surface area contributed by atoms with Gasteiger partial charge in [0.15, 0.2) is 0 Å². The largest absolute Gasteiger partial charge is 0.491 e. The maximum absolute atomic E-state index is 13.2. The lowest BCUT2D eigenvalue weighted by Crippen LogP contribution is -2.38. The zero-order chi connectivity index (χ0) is 22.3. The van der Waals surface area contributed by atoms with Crippen LogP contribution in [0.1, 0.15) is 18.1 Å². The summed E-state index contributed by atoms with van der Waals surface area (Å²) >= 11 is 0. The summed E-state index contributed by atoms with van der Waals surface area (Å²) in [6.07, 6.45) is 7.15. The van der Waals surface area contributed by atoms with Crippen LogP contribution in [-0.4, -0.2) is 51.9 Å². The van der Waals surface area contributed by atoms with Crippen LogP contribution in [0, 0.1) is 6.92 Å². The molecule has 1 aromatic heterocycles. The lowest BCUT2D eigenvalue weighted by molar-refractivity contribution is 0.151. The number of nitrogens with one attached hydrogen (secondary N) is 1. The summed E-state index contributed by atoms with van der Waals surface area (Å²) < 4.78 is 12.9. The van der Waals surface area contributed by atoms with Crippen LogP contribution in [0.3, 0.4) is 0 Å². The third-order valence-corrected chi connectivity index (χ3v) is 5.23. The highest BCUT2D eigenvalue weighted by molar-refractivity contribution is 5.96. The summed E-state index contributed by atoms with van der Waals surface area (Å²) in [5, 5.41) is 0. The molecule has 0 unspecified atom stereocenters. The van der Waals surface area contributed by atoms with E-state index >= 15 is 0 Å². The number of aromatic nitrogens is 4. The van der Waals surface area contributed by atoms with Crippen molar-refractivity contribution in [3.05, 3.63) is 72.6 Å². The smallest absolute Gasteiger partial charge is 0.335 e. The summed E-state index contributed by atoms with van der Waals surface area (Å²) in [4.78, 5) is 26.3. The minimum atomic E-state index is -0.240. The first kappa shape index (κ1) is 21.6. The number of hydrogen-bond acceptors (Lipinski definition) is 5. The fraction of sp³-hybridized carbons (Fsp3) is 0.292. The summed E-state index contributed by atoms with van der Waals surface area (Å²) in [5.41, 5.74) is 4.05. The molecule has 166 valence electrons. The fourth-order valence-electron chi connectivity index (χ4n) is 3.60. The van der Waals surface area contributed by atoms with Crippen LogP contribution in [0.2, 0.25) is 0 Å². The van der Waals surface area contributed by atoms with E-state index in [9.17, 15) is 4.79 Å². The molecule has 2 heterocycles. The van der Waals surface area contributed by atoms with Crippen LogP contribution in [0.15, 0.2) is 61.4 Å². The number of aromatic amines is 1. The van der Waals surface area contributed by atoms with Gasteiger partial charge in [0.2, 0.25) is 0 Å². The van der Waals surface area contributed by atoms with E-state index in [4.69, 9.17) is 9.47 Å². The molecule has 1 amide bonds. The number of fused-ring (bicyclic) bond motifs is 1. The number of ether oxygens (including phenoxy) is 2. The van der Waals surface area contributed by atoms with Gasteiger partial charge in [-0.2, -0.15) is 0 Å². The fourth-order valence-corrected chi connectivity index (χ4v) is 3.60. The predicted molar refractivity (Wildman–Crippen MR) is 122 cm³/mol. The molecule has 0 radical (unpaired) electrons. The van der Waals surface area contributed by atoms with Crippen molar-refractivity contribution in [2.75, 3.05) is 31.3 Å². The van der Waals surface area contributed by atoms with E-state index in [-0.39, 0.29) is 6.03 Å². The quantitative estimate of drug-likeness (QED) is 0.401. The molecule has 8 nitrogen and oxygen atoms in total. The number of benzene rings is 1. The Kier molecular flexibility index (Phi) is 6.81. The summed E-state index contributed by atoms with van der Waals surface area (Å²) in [6, 6.07) is 11.7. The third kappa shape index (κ3) is 4.81. The van der Waals surface area contributed by atoms with Crippen LogP contribution in [0.25, 0.3) is 11.3 Å². The predicted octanol–water partition coefficient (Wildman–Crippen LogP) is 4.15. The standard InChI is InChI=1S/C24H27N5O3/c1-3-31-13-9-19-7-8-22(18(2)15-19)32-14-12-29(24(30)28-11-10-25-17-28)23-20-5-4-6-21(20)26-16-27-23/h4-8,10-11,15-17H,3,9,12-14H2,1-2H3,(H,26,27). The zero-order valence-corrected chi connectivity index (χ0v) is 18.3. The monoisotopic (exact) mass is 433 g/mol.